The number of fused-ring (bicyclic) bond motifs is 21. The number of hydrogen-bond acceptors (Lipinski definition) is 6. The molecule has 3 nitrogen and oxygen atoms in total. The Labute approximate surface area is 883 Å². The van der Waals surface area contributed by atoms with Gasteiger partial charge in [0.05, 0.1) is 0 Å². The molecule has 0 fully saturated rings. The van der Waals surface area contributed by atoms with Gasteiger partial charge in [-0.15, -0.1) is 34.0 Å². The summed E-state index contributed by atoms with van der Waals surface area (Å²) in [5.41, 5.74) is 29.6. The number of anilines is 9. The molecule has 0 saturated carbocycles. The summed E-state index contributed by atoms with van der Waals surface area (Å²) in [5, 5.41) is 23.6. The molecular weight excluding hydrogens is 1870 g/mol. The van der Waals surface area contributed by atoms with Crippen LogP contribution >= 0.6 is 34.0 Å². The topological polar surface area (TPSA) is 9.72 Å². The molecule has 0 aliphatic heterocycles. The number of para-hydroxylation sites is 2. The van der Waals surface area contributed by atoms with Crippen molar-refractivity contribution in [2.45, 2.75) is 0 Å². The van der Waals surface area contributed by atoms with Crippen molar-refractivity contribution >= 4 is 210 Å². The van der Waals surface area contributed by atoms with Crippen LogP contribution in [0.2, 0.25) is 0 Å². The van der Waals surface area contributed by atoms with E-state index in [1.807, 2.05) is 34.0 Å². The minimum Gasteiger partial charge on any atom is -0.310 e. The van der Waals surface area contributed by atoms with Crippen LogP contribution in [0.25, 0.3) is 214 Å². The normalized spacial score (nSPS) is 11.5. The highest BCUT2D eigenvalue weighted by molar-refractivity contribution is 7.28. The molecule has 29 aromatic rings. The maximum atomic E-state index is 2.37. The van der Waals surface area contributed by atoms with Gasteiger partial charge in [0, 0.05) is 128 Å². The van der Waals surface area contributed by atoms with Crippen LogP contribution in [0.15, 0.2) is 576 Å². The van der Waals surface area contributed by atoms with Crippen LogP contribution in [0.1, 0.15) is 0 Å². The van der Waals surface area contributed by atoms with E-state index in [9.17, 15) is 0 Å². The number of hydrogen-bond donors (Lipinski definition) is 0. The van der Waals surface area contributed by atoms with Crippen molar-refractivity contribution in [3.63, 3.8) is 0 Å². The molecular formula is C144H95N3S3. The van der Waals surface area contributed by atoms with Crippen molar-refractivity contribution in [2.75, 3.05) is 14.7 Å². The lowest BCUT2D eigenvalue weighted by atomic mass is 9.98. The molecule has 0 saturated heterocycles. The van der Waals surface area contributed by atoms with Crippen LogP contribution in [0.4, 0.5) is 51.2 Å². The van der Waals surface area contributed by atoms with E-state index in [2.05, 4.69) is 591 Å². The van der Waals surface area contributed by atoms with Crippen molar-refractivity contribution in [1.82, 2.24) is 0 Å². The first-order chi connectivity index (χ1) is 74.4. The van der Waals surface area contributed by atoms with Gasteiger partial charge in [-0.3, -0.25) is 0 Å². The second-order valence-corrected chi connectivity index (χ2v) is 41.5. The Kier molecular flexibility index (Phi) is 23.7. The lowest BCUT2D eigenvalue weighted by Crippen LogP contribution is -2.10. The Bertz CT molecular complexity index is 10000. The maximum absolute atomic E-state index is 2.37. The highest BCUT2D eigenvalue weighted by atomic mass is 32.1. The summed E-state index contributed by atoms with van der Waals surface area (Å²) in [6.07, 6.45) is 0. The largest absolute Gasteiger partial charge is 0.310 e. The van der Waals surface area contributed by atoms with Crippen molar-refractivity contribution in [2.24, 2.45) is 0 Å². The fourth-order valence-electron chi connectivity index (χ4n) is 22.2. The summed E-state index contributed by atoms with van der Waals surface area (Å²) < 4.78 is 8.04. The van der Waals surface area contributed by atoms with E-state index in [-0.39, 0.29) is 0 Å². The number of benzene rings is 26. The molecule has 0 aliphatic carbocycles. The molecule has 704 valence electrons. The summed E-state index contributed by atoms with van der Waals surface area (Å²) in [7, 11) is 0. The van der Waals surface area contributed by atoms with Crippen LogP contribution in [0.3, 0.4) is 0 Å². The van der Waals surface area contributed by atoms with Gasteiger partial charge in [-0.1, -0.05) is 467 Å². The Balaban J connectivity index is 0.000000111. The Hall–Kier alpha value is -18.7. The predicted molar refractivity (Wildman–Crippen MR) is 651 cm³/mol. The molecule has 0 radical (unpaired) electrons. The second-order valence-electron chi connectivity index (χ2n) is 38.4. The van der Waals surface area contributed by atoms with E-state index in [1.165, 1.54) is 214 Å². The number of rotatable bonds is 17. The van der Waals surface area contributed by atoms with E-state index in [0.29, 0.717) is 0 Å². The van der Waals surface area contributed by atoms with Crippen molar-refractivity contribution in [3.05, 3.63) is 576 Å². The van der Waals surface area contributed by atoms with Gasteiger partial charge in [0.25, 0.3) is 0 Å². The second kappa shape index (κ2) is 39.4. The molecule has 0 spiro atoms. The van der Waals surface area contributed by atoms with Crippen molar-refractivity contribution in [3.8, 4) is 89.0 Å². The number of thiophene rings is 3. The lowest BCUT2D eigenvalue weighted by Gasteiger charge is -2.26. The smallest absolute Gasteiger partial charge is 0.0467 e. The average molecular weight is 1960 g/mol. The molecule has 3 heterocycles. The average Bonchev–Trinajstić information content (AvgIpc) is 1.57. The zero-order chi connectivity index (χ0) is 99.3. The van der Waals surface area contributed by atoms with E-state index in [0.717, 1.165) is 51.2 Å². The maximum Gasteiger partial charge on any atom is 0.0467 e. The molecule has 0 unspecified atom stereocenters. The molecule has 6 heteroatoms. The lowest BCUT2D eigenvalue weighted by molar-refractivity contribution is 1.28. The summed E-state index contributed by atoms with van der Waals surface area (Å²) in [6.45, 7) is 0. The van der Waals surface area contributed by atoms with Gasteiger partial charge in [-0.05, 0) is 247 Å². The molecule has 0 atom stereocenters. The van der Waals surface area contributed by atoms with Gasteiger partial charge >= 0.3 is 0 Å². The molecule has 0 bridgehead atoms. The SMILES string of the molecule is c1ccc(-c2ccc(-c3ccc(N(c4ccccc4)c4cccc(-c5cccc6c5sc5c6ccc6ccc7ccccc7c65)c4)cc3)cc2)cc1.c1ccc(-c2ccc(N(c3ccc(-c4ccccc4)cc3)c3cccc(-c4cccc5c4sc4c5ccc5ccc6ccccc6c54)c3)cc2)cc1.c1ccc(-c2ccc(N(c3ccccc3)c3cccc(-c4cccc5c4sc4c5ccc5ccc6ccccc6c54)c3)cc2)cc1. The Morgan fingerprint density at radius 2 is 0.287 bits per heavy atom. The first-order valence-electron chi connectivity index (χ1n) is 51.2. The first-order valence-corrected chi connectivity index (χ1v) is 53.6. The minimum absolute atomic E-state index is 1.11. The Morgan fingerprint density at radius 1 is 0.107 bits per heavy atom. The highest BCUT2D eigenvalue weighted by Crippen LogP contribution is 2.52. The summed E-state index contributed by atoms with van der Waals surface area (Å²) in [6, 6.07) is 209. The van der Waals surface area contributed by atoms with Crippen LogP contribution in [0, 0.1) is 0 Å². The minimum atomic E-state index is 1.11. The van der Waals surface area contributed by atoms with Gasteiger partial charge in [-0.2, -0.15) is 0 Å². The first kappa shape index (κ1) is 90.1. The van der Waals surface area contributed by atoms with Gasteiger partial charge in [-0.25, -0.2) is 0 Å². The summed E-state index contributed by atoms with van der Waals surface area (Å²) >= 11 is 5.76. The molecule has 150 heavy (non-hydrogen) atoms. The van der Waals surface area contributed by atoms with Gasteiger partial charge in [0.2, 0.25) is 0 Å². The van der Waals surface area contributed by atoms with Gasteiger partial charge in [0.1, 0.15) is 0 Å². The van der Waals surface area contributed by atoms with Crippen LogP contribution < -0.4 is 14.7 Å². The summed E-state index contributed by atoms with van der Waals surface area (Å²) in [4.78, 5) is 7.08. The zero-order valence-corrected chi connectivity index (χ0v) is 84.4. The molecule has 26 aromatic carbocycles. The third kappa shape index (κ3) is 17.0. The van der Waals surface area contributed by atoms with Gasteiger partial charge < -0.3 is 14.7 Å². The standard InChI is InChI=1S/2C50H33NS.C44H29NS/c1-3-11-34(12-4-1)35-21-23-36(24-22-35)37-27-30-42(31-28-37)51(41-15-5-2-6-16-41)43-17-9-14-40(33-43)45-19-10-20-46-47-32-29-39-26-25-38-13-7-8-18-44(38)48(39)50(47)52-49(45)46;1-3-11-34(12-4-1)36-23-28-41(29-24-36)51(42-30-25-37(26-31-42)35-13-5-2-6-14-35)43-17-9-16-40(33-43)45-19-10-20-46-47-32-27-39-22-21-38-15-7-8-18-44(38)48(39)50(47)52-49(45)46;1-3-11-30(12-4-1)31-23-26-36(27-24-31)45(35-15-5-2-6-16-35)37-17-9-14-34(29-37)39-19-10-20-40-41-28-25-33-22-21-32-13-7-8-18-38(32)42(33)44(41)46-43(39)40/h2*1-33H;1-29H. The van der Waals surface area contributed by atoms with Crippen molar-refractivity contribution in [1.29, 1.82) is 0 Å². The Morgan fingerprint density at radius 3 is 0.553 bits per heavy atom. The molecule has 0 N–H and O–H groups in total. The monoisotopic (exact) mass is 1960 g/mol. The van der Waals surface area contributed by atoms with Gasteiger partial charge in [0.15, 0.2) is 0 Å². The van der Waals surface area contributed by atoms with Crippen LogP contribution in [-0.4, -0.2) is 0 Å². The predicted octanol–water partition coefficient (Wildman–Crippen LogP) is 42.8. The zero-order valence-electron chi connectivity index (χ0n) is 81.9. The van der Waals surface area contributed by atoms with E-state index < -0.39 is 0 Å². The third-order valence-corrected chi connectivity index (χ3v) is 33.4. The third-order valence-electron chi connectivity index (χ3n) is 29.5. The molecule has 0 aliphatic rings. The molecule has 0 amide bonds. The fourth-order valence-corrected chi connectivity index (χ4v) is 26.5. The fraction of sp³-hybridized carbons (Fsp3) is 0. The van der Waals surface area contributed by atoms with E-state index >= 15 is 0 Å². The number of nitrogens with zero attached hydrogens (tertiary/aromatic N) is 3. The quantitative estimate of drug-likeness (QED) is 0.0842. The van der Waals surface area contributed by atoms with Crippen LogP contribution in [-0.2, 0) is 0 Å². The van der Waals surface area contributed by atoms with E-state index in [1.54, 1.807) is 0 Å². The highest BCUT2D eigenvalue weighted by Gasteiger charge is 2.25. The molecule has 3 aromatic heterocycles. The van der Waals surface area contributed by atoms with Crippen molar-refractivity contribution < 1.29 is 0 Å². The molecule has 29 rings (SSSR count). The van der Waals surface area contributed by atoms with Crippen LogP contribution in [0.5, 0.6) is 0 Å². The summed E-state index contributed by atoms with van der Waals surface area (Å²) in [5.74, 6) is 0. The van der Waals surface area contributed by atoms with E-state index in [4.69, 9.17) is 0 Å².